The molecule has 0 saturated carbocycles. The molecule has 0 radical (unpaired) electrons. The fourth-order valence-corrected chi connectivity index (χ4v) is 1.25. The summed E-state index contributed by atoms with van der Waals surface area (Å²) >= 11 is 5.55. The van der Waals surface area contributed by atoms with Crippen molar-refractivity contribution < 1.29 is 17.9 Å². The molecule has 4 N–H and O–H groups in total. The summed E-state index contributed by atoms with van der Waals surface area (Å²) in [6.45, 7) is 0.118. The van der Waals surface area contributed by atoms with Gasteiger partial charge >= 0.3 is 6.36 Å². The van der Waals surface area contributed by atoms with Crippen molar-refractivity contribution in [2.24, 2.45) is 11.5 Å². The highest BCUT2D eigenvalue weighted by Crippen LogP contribution is 2.31. The molecule has 1 atom stereocenters. The number of hydrogen-bond acceptors (Lipinski definition) is 3. The zero-order chi connectivity index (χ0) is 12.3. The largest absolute Gasteiger partial charge is 0.573 e. The van der Waals surface area contributed by atoms with Gasteiger partial charge in [-0.15, -0.1) is 13.2 Å². The van der Waals surface area contributed by atoms with E-state index in [-0.39, 0.29) is 11.6 Å². The van der Waals surface area contributed by atoms with Gasteiger partial charge in [0.15, 0.2) is 0 Å². The number of nitrogens with two attached hydrogens (primary N) is 2. The molecule has 0 aliphatic carbocycles. The highest BCUT2D eigenvalue weighted by atomic mass is 35.5. The van der Waals surface area contributed by atoms with Crippen molar-refractivity contribution in [3.8, 4) is 5.75 Å². The van der Waals surface area contributed by atoms with Gasteiger partial charge < -0.3 is 16.2 Å². The predicted octanol–water partition coefficient (Wildman–Crippen LogP) is 2.20. The van der Waals surface area contributed by atoms with Crippen LogP contribution in [0.3, 0.4) is 0 Å². The lowest BCUT2D eigenvalue weighted by Crippen LogP contribution is -2.21. The molecule has 0 spiro atoms. The van der Waals surface area contributed by atoms with Crippen molar-refractivity contribution in [1.29, 1.82) is 0 Å². The smallest absolute Gasteiger partial charge is 0.404 e. The second-order valence-electron chi connectivity index (χ2n) is 3.08. The van der Waals surface area contributed by atoms with Gasteiger partial charge in [0.1, 0.15) is 5.75 Å². The summed E-state index contributed by atoms with van der Waals surface area (Å²) in [5.74, 6) is -0.476. The third kappa shape index (κ3) is 3.55. The number of hydrogen-bond donors (Lipinski definition) is 2. The Morgan fingerprint density at radius 2 is 2.00 bits per heavy atom. The van der Waals surface area contributed by atoms with Crippen molar-refractivity contribution in [1.82, 2.24) is 0 Å². The second kappa shape index (κ2) is 4.90. The molecule has 0 saturated heterocycles. The summed E-state index contributed by atoms with van der Waals surface area (Å²) in [6.07, 6.45) is -4.78. The molecule has 90 valence electrons. The molecule has 0 aliphatic rings. The van der Waals surface area contributed by atoms with Crippen molar-refractivity contribution in [3.05, 3.63) is 28.8 Å². The molecule has 0 amide bonds. The highest BCUT2D eigenvalue weighted by molar-refractivity contribution is 6.32. The molecule has 7 heteroatoms. The Kier molecular flexibility index (Phi) is 4.01. The van der Waals surface area contributed by atoms with Gasteiger partial charge in [-0.1, -0.05) is 17.7 Å². The Morgan fingerprint density at radius 3 is 2.50 bits per heavy atom. The molecule has 3 nitrogen and oxygen atoms in total. The third-order valence-electron chi connectivity index (χ3n) is 1.86. The first-order valence-corrected chi connectivity index (χ1v) is 4.72. The molecule has 1 aromatic carbocycles. The molecule has 0 aliphatic heterocycles. The Labute approximate surface area is 95.1 Å². The molecule has 0 bridgehead atoms. The average Bonchev–Trinajstić information content (AvgIpc) is 2.18. The van der Waals surface area contributed by atoms with Crippen LogP contribution in [0, 0.1) is 0 Å². The highest BCUT2D eigenvalue weighted by Gasteiger charge is 2.32. The van der Waals surface area contributed by atoms with E-state index in [0.717, 1.165) is 6.07 Å². The van der Waals surface area contributed by atoms with Crippen molar-refractivity contribution in [2.75, 3.05) is 6.54 Å². The predicted molar refractivity (Wildman–Crippen MR) is 54.1 cm³/mol. The van der Waals surface area contributed by atoms with Gasteiger partial charge in [0.05, 0.1) is 5.02 Å². The van der Waals surface area contributed by atoms with Crippen LogP contribution in [-0.4, -0.2) is 12.9 Å². The van der Waals surface area contributed by atoms with Crippen LogP contribution < -0.4 is 16.2 Å². The van der Waals surface area contributed by atoms with Crippen LogP contribution in [-0.2, 0) is 0 Å². The summed E-state index contributed by atoms with van der Waals surface area (Å²) in [5.41, 5.74) is 11.3. The lowest BCUT2D eigenvalue weighted by atomic mass is 10.1. The number of ether oxygens (including phenoxy) is 1. The lowest BCUT2D eigenvalue weighted by molar-refractivity contribution is -0.274. The summed E-state index contributed by atoms with van der Waals surface area (Å²) in [7, 11) is 0. The molecular weight excluding hydrogens is 245 g/mol. The van der Waals surface area contributed by atoms with Crippen LogP contribution in [0.5, 0.6) is 5.75 Å². The van der Waals surface area contributed by atoms with E-state index < -0.39 is 18.2 Å². The minimum atomic E-state index is -4.78. The fourth-order valence-electron chi connectivity index (χ4n) is 1.09. The minimum Gasteiger partial charge on any atom is -0.404 e. The van der Waals surface area contributed by atoms with Gasteiger partial charge in [-0.05, 0) is 17.7 Å². The van der Waals surface area contributed by atoms with E-state index in [1.807, 2.05) is 0 Å². The summed E-state index contributed by atoms with van der Waals surface area (Å²) < 4.78 is 39.7. The molecule has 0 aromatic heterocycles. The maximum absolute atomic E-state index is 12.0. The van der Waals surface area contributed by atoms with E-state index in [1.165, 1.54) is 12.1 Å². The first-order chi connectivity index (χ1) is 7.33. The van der Waals surface area contributed by atoms with Gasteiger partial charge in [0, 0.05) is 12.6 Å². The SMILES string of the molecule is NCC(N)c1ccc(Cl)c(OC(F)(F)F)c1. The standard InChI is InChI=1S/C9H10ClF3N2O/c10-6-2-1-5(7(15)4-14)3-8(6)16-9(11,12)13/h1-3,7H,4,14-15H2. The molecule has 1 unspecified atom stereocenters. The van der Waals surface area contributed by atoms with Crippen molar-refractivity contribution in [2.45, 2.75) is 12.4 Å². The number of rotatable bonds is 3. The zero-order valence-corrected chi connectivity index (χ0v) is 8.85. The average molecular weight is 255 g/mol. The first-order valence-electron chi connectivity index (χ1n) is 4.34. The molecule has 1 aromatic rings. The van der Waals surface area contributed by atoms with Crippen LogP contribution in [0.1, 0.15) is 11.6 Å². The Hall–Kier alpha value is -0.980. The van der Waals surface area contributed by atoms with Gasteiger partial charge in [-0.2, -0.15) is 0 Å². The summed E-state index contributed by atoms with van der Waals surface area (Å²) in [6, 6.07) is 3.37. The third-order valence-corrected chi connectivity index (χ3v) is 2.18. The maximum Gasteiger partial charge on any atom is 0.573 e. The quantitative estimate of drug-likeness (QED) is 0.869. The maximum atomic E-state index is 12.0. The topological polar surface area (TPSA) is 61.3 Å². The van der Waals surface area contributed by atoms with Crippen LogP contribution in [0.4, 0.5) is 13.2 Å². The van der Waals surface area contributed by atoms with E-state index >= 15 is 0 Å². The van der Waals surface area contributed by atoms with E-state index in [1.54, 1.807) is 0 Å². The van der Waals surface area contributed by atoms with Gasteiger partial charge in [0.2, 0.25) is 0 Å². The minimum absolute atomic E-state index is 0.118. The second-order valence-corrected chi connectivity index (χ2v) is 3.49. The zero-order valence-electron chi connectivity index (χ0n) is 8.09. The van der Waals surface area contributed by atoms with Crippen LogP contribution in [0.2, 0.25) is 5.02 Å². The fraction of sp³-hybridized carbons (Fsp3) is 0.333. The number of benzene rings is 1. The Morgan fingerprint density at radius 1 is 1.38 bits per heavy atom. The molecule has 0 fully saturated rings. The number of alkyl halides is 3. The molecule has 1 rings (SSSR count). The lowest BCUT2D eigenvalue weighted by Gasteiger charge is -2.14. The van der Waals surface area contributed by atoms with E-state index in [4.69, 9.17) is 23.1 Å². The van der Waals surface area contributed by atoms with E-state index in [9.17, 15) is 13.2 Å². The first kappa shape index (κ1) is 13.1. The molecule has 0 heterocycles. The summed E-state index contributed by atoms with van der Waals surface area (Å²) in [5, 5.41) is -0.134. The van der Waals surface area contributed by atoms with Gasteiger partial charge in [-0.25, -0.2) is 0 Å². The summed E-state index contributed by atoms with van der Waals surface area (Å²) in [4.78, 5) is 0. The monoisotopic (exact) mass is 254 g/mol. The van der Waals surface area contributed by atoms with Crippen molar-refractivity contribution >= 4 is 11.6 Å². The molecule has 16 heavy (non-hydrogen) atoms. The Bertz CT molecular complexity index is 370. The van der Waals surface area contributed by atoms with Crippen LogP contribution >= 0.6 is 11.6 Å². The molecular formula is C9H10ClF3N2O. The van der Waals surface area contributed by atoms with Crippen LogP contribution in [0.25, 0.3) is 0 Å². The van der Waals surface area contributed by atoms with E-state index in [2.05, 4.69) is 4.74 Å². The number of halogens is 4. The van der Waals surface area contributed by atoms with Crippen molar-refractivity contribution in [3.63, 3.8) is 0 Å². The normalized spacial score (nSPS) is 13.6. The van der Waals surface area contributed by atoms with Gasteiger partial charge in [0.25, 0.3) is 0 Å². The Balaban J connectivity index is 2.99. The van der Waals surface area contributed by atoms with Gasteiger partial charge in [-0.3, -0.25) is 0 Å². The van der Waals surface area contributed by atoms with Crippen LogP contribution in [0.15, 0.2) is 18.2 Å². The van der Waals surface area contributed by atoms with E-state index in [0.29, 0.717) is 5.56 Å².